The summed E-state index contributed by atoms with van der Waals surface area (Å²) in [5, 5.41) is 11.4. The van der Waals surface area contributed by atoms with E-state index in [9.17, 15) is 5.11 Å². The third kappa shape index (κ3) is 2.36. The molecule has 0 spiro atoms. The first-order valence-electron chi connectivity index (χ1n) is 4.92. The van der Waals surface area contributed by atoms with Crippen molar-refractivity contribution in [1.82, 2.24) is 0 Å². The minimum absolute atomic E-state index is 0.346. The Hall–Kier alpha value is -0.930. The van der Waals surface area contributed by atoms with E-state index in [0.717, 1.165) is 5.52 Å². The van der Waals surface area contributed by atoms with Crippen LogP contribution in [0.1, 0.15) is 0 Å². The highest BCUT2D eigenvalue weighted by Gasteiger charge is 2.12. The zero-order valence-corrected chi connectivity index (χ0v) is 9.89. The molecule has 0 aliphatic heterocycles. The number of aliphatic hydroxyl groups is 1. The molecule has 0 aliphatic rings. The molecule has 0 radical (unpaired) electrons. The highest BCUT2D eigenvalue weighted by Crippen LogP contribution is 2.08. The van der Waals surface area contributed by atoms with Gasteiger partial charge in [0.15, 0.2) is 12.7 Å². The van der Waals surface area contributed by atoms with Crippen LogP contribution in [0, 0.1) is 0 Å². The molecule has 0 amide bonds. The molecule has 1 N–H and O–H groups in total. The van der Waals surface area contributed by atoms with Crippen molar-refractivity contribution in [3.63, 3.8) is 0 Å². The number of hydrogen-bond donors (Lipinski definition) is 1. The summed E-state index contributed by atoms with van der Waals surface area (Å²) >= 11 is 3.27. The summed E-state index contributed by atoms with van der Waals surface area (Å²) in [6.45, 7) is 0.618. The van der Waals surface area contributed by atoms with Gasteiger partial charge in [-0.15, -0.1) is 0 Å². The Labute approximate surface area is 97.3 Å². The summed E-state index contributed by atoms with van der Waals surface area (Å²) in [7, 11) is 0. The Bertz CT molecular complexity index is 453. The monoisotopic (exact) mass is 266 g/mol. The van der Waals surface area contributed by atoms with E-state index in [0.29, 0.717) is 11.9 Å². The van der Waals surface area contributed by atoms with Crippen molar-refractivity contribution in [1.29, 1.82) is 0 Å². The second-order valence-electron chi connectivity index (χ2n) is 3.53. The summed E-state index contributed by atoms with van der Waals surface area (Å²) in [5.74, 6) is 0. The SMILES string of the molecule is OC(CBr)C[n+]1cccc2ccccc21. The number of fused-ring (bicyclic) bond motifs is 1. The Morgan fingerprint density at radius 2 is 1.93 bits per heavy atom. The second kappa shape index (κ2) is 4.73. The van der Waals surface area contributed by atoms with Crippen LogP contribution in [0.15, 0.2) is 42.6 Å². The van der Waals surface area contributed by atoms with Crippen molar-refractivity contribution in [3.05, 3.63) is 42.6 Å². The van der Waals surface area contributed by atoms with Crippen molar-refractivity contribution in [2.24, 2.45) is 0 Å². The maximum atomic E-state index is 9.60. The molecule has 1 atom stereocenters. The van der Waals surface area contributed by atoms with Gasteiger partial charge in [0.2, 0.25) is 5.52 Å². The Balaban J connectivity index is 2.42. The van der Waals surface area contributed by atoms with Gasteiger partial charge < -0.3 is 5.11 Å². The minimum Gasteiger partial charge on any atom is -0.386 e. The largest absolute Gasteiger partial charge is 0.386 e. The third-order valence-electron chi connectivity index (χ3n) is 2.37. The van der Waals surface area contributed by atoms with E-state index in [-0.39, 0.29) is 6.10 Å². The first-order chi connectivity index (χ1) is 7.31. The molecule has 1 aromatic carbocycles. The van der Waals surface area contributed by atoms with E-state index in [2.05, 4.69) is 38.7 Å². The molecule has 2 aromatic rings. The van der Waals surface area contributed by atoms with Gasteiger partial charge in [0.1, 0.15) is 6.10 Å². The lowest BCUT2D eigenvalue weighted by Crippen LogP contribution is -2.40. The molecule has 0 aliphatic carbocycles. The maximum Gasteiger partial charge on any atom is 0.212 e. The van der Waals surface area contributed by atoms with Crippen LogP contribution in [0.4, 0.5) is 0 Å². The molecule has 15 heavy (non-hydrogen) atoms. The lowest BCUT2D eigenvalue weighted by molar-refractivity contribution is -0.677. The van der Waals surface area contributed by atoms with Crippen LogP contribution in [-0.4, -0.2) is 16.5 Å². The molecule has 2 rings (SSSR count). The summed E-state index contributed by atoms with van der Waals surface area (Å²) in [5.41, 5.74) is 1.15. The van der Waals surface area contributed by atoms with Crippen LogP contribution in [-0.2, 0) is 6.54 Å². The number of aliphatic hydroxyl groups excluding tert-OH is 1. The number of nitrogens with zero attached hydrogens (tertiary/aromatic N) is 1. The fourth-order valence-corrected chi connectivity index (χ4v) is 1.86. The van der Waals surface area contributed by atoms with E-state index >= 15 is 0 Å². The smallest absolute Gasteiger partial charge is 0.212 e. The van der Waals surface area contributed by atoms with Crippen molar-refractivity contribution in [2.75, 3.05) is 5.33 Å². The average molecular weight is 267 g/mol. The van der Waals surface area contributed by atoms with Crippen molar-refractivity contribution in [2.45, 2.75) is 12.6 Å². The van der Waals surface area contributed by atoms with E-state index in [1.165, 1.54) is 5.39 Å². The average Bonchev–Trinajstić information content (AvgIpc) is 2.29. The molecule has 1 unspecified atom stereocenters. The van der Waals surface area contributed by atoms with Crippen molar-refractivity contribution >= 4 is 26.8 Å². The Morgan fingerprint density at radius 1 is 1.20 bits per heavy atom. The van der Waals surface area contributed by atoms with Crippen LogP contribution in [0.3, 0.4) is 0 Å². The topological polar surface area (TPSA) is 24.1 Å². The molecule has 1 heterocycles. The van der Waals surface area contributed by atoms with Gasteiger partial charge in [-0.25, -0.2) is 0 Å². The molecule has 0 bridgehead atoms. The van der Waals surface area contributed by atoms with Crippen LogP contribution >= 0.6 is 15.9 Å². The van der Waals surface area contributed by atoms with Gasteiger partial charge in [-0.2, -0.15) is 4.57 Å². The Morgan fingerprint density at radius 3 is 2.73 bits per heavy atom. The quantitative estimate of drug-likeness (QED) is 0.666. The zero-order valence-electron chi connectivity index (χ0n) is 8.31. The first kappa shape index (κ1) is 10.6. The van der Waals surface area contributed by atoms with Crippen LogP contribution in [0.2, 0.25) is 0 Å². The van der Waals surface area contributed by atoms with E-state index < -0.39 is 0 Å². The van der Waals surface area contributed by atoms with Gasteiger partial charge in [0, 0.05) is 22.8 Å². The van der Waals surface area contributed by atoms with E-state index in [1.54, 1.807) is 0 Å². The standard InChI is InChI=1S/C12H13BrNO/c13-8-11(15)9-14-7-3-5-10-4-1-2-6-12(10)14/h1-7,11,15H,8-9H2/q+1. The van der Waals surface area contributed by atoms with Gasteiger partial charge in [-0.05, 0) is 12.1 Å². The third-order valence-corrected chi connectivity index (χ3v) is 3.12. The van der Waals surface area contributed by atoms with Crippen molar-refractivity contribution < 1.29 is 9.67 Å². The molecule has 1 aromatic heterocycles. The number of aromatic nitrogens is 1. The maximum absolute atomic E-state index is 9.60. The highest BCUT2D eigenvalue weighted by atomic mass is 79.9. The molecule has 78 valence electrons. The van der Waals surface area contributed by atoms with Gasteiger partial charge >= 0.3 is 0 Å². The van der Waals surface area contributed by atoms with Crippen LogP contribution in [0.5, 0.6) is 0 Å². The van der Waals surface area contributed by atoms with E-state index in [1.807, 2.05) is 24.4 Å². The molecule has 3 heteroatoms. The predicted molar refractivity (Wildman–Crippen MR) is 63.9 cm³/mol. The number of pyridine rings is 1. The van der Waals surface area contributed by atoms with Crippen LogP contribution in [0.25, 0.3) is 10.9 Å². The molecular weight excluding hydrogens is 254 g/mol. The van der Waals surface area contributed by atoms with Gasteiger partial charge in [0.25, 0.3) is 0 Å². The van der Waals surface area contributed by atoms with Crippen LogP contribution < -0.4 is 4.57 Å². The van der Waals surface area contributed by atoms with Gasteiger partial charge in [-0.1, -0.05) is 28.1 Å². The number of para-hydroxylation sites is 1. The van der Waals surface area contributed by atoms with Crippen molar-refractivity contribution in [3.8, 4) is 0 Å². The normalized spacial score (nSPS) is 12.9. The first-order valence-corrected chi connectivity index (χ1v) is 6.04. The number of rotatable bonds is 3. The molecule has 0 saturated heterocycles. The molecule has 2 nitrogen and oxygen atoms in total. The van der Waals surface area contributed by atoms with E-state index in [4.69, 9.17) is 0 Å². The summed E-state index contributed by atoms with van der Waals surface area (Å²) in [4.78, 5) is 0. The minimum atomic E-state index is -0.346. The zero-order chi connectivity index (χ0) is 10.7. The summed E-state index contributed by atoms with van der Waals surface area (Å²) < 4.78 is 2.07. The predicted octanol–water partition coefficient (Wildman–Crippen LogP) is 1.88. The fourth-order valence-electron chi connectivity index (χ4n) is 1.66. The number of alkyl halides is 1. The Kier molecular flexibility index (Phi) is 3.34. The van der Waals surface area contributed by atoms with Gasteiger partial charge in [0.05, 0.1) is 0 Å². The number of hydrogen-bond acceptors (Lipinski definition) is 1. The second-order valence-corrected chi connectivity index (χ2v) is 4.17. The number of benzene rings is 1. The molecule has 0 saturated carbocycles. The number of halogens is 1. The lowest BCUT2D eigenvalue weighted by Gasteiger charge is -2.04. The summed E-state index contributed by atoms with van der Waals surface area (Å²) in [6, 6.07) is 12.3. The molecule has 0 fully saturated rings. The lowest BCUT2D eigenvalue weighted by atomic mass is 10.2. The van der Waals surface area contributed by atoms with Gasteiger partial charge in [-0.3, -0.25) is 0 Å². The summed E-state index contributed by atoms with van der Waals surface area (Å²) in [6.07, 6.45) is 1.65. The fraction of sp³-hybridized carbons (Fsp3) is 0.250. The highest BCUT2D eigenvalue weighted by molar-refractivity contribution is 9.09. The molecular formula is C12H13BrNO+.